The van der Waals surface area contributed by atoms with Gasteiger partial charge in [-0.1, -0.05) is 13.3 Å². The summed E-state index contributed by atoms with van der Waals surface area (Å²) < 4.78 is 7.65. The number of rotatable bonds is 9. The van der Waals surface area contributed by atoms with Crippen LogP contribution in [0.1, 0.15) is 39.4 Å². The van der Waals surface area contributed by atoms with Gasteiger partial charge in [0.1, 0.15) is 12.2 Å². The normalized spacial score (nSPS) is 14.7. The Balaban J connectivity index is 2.69. The zero-order chi connectivity index (χ0) is 13.4. The van der Waals surface area contributed by atoms with Crippen LogP contribution in [-0.4, -0.2) is 33.5 Å². The predicted molar refractivity (Wildman–Crippen MR) is 70.8 cm³/mol. The molecule has 3 N–H and O–H groups in total. The van der Waals surface area contributed by atoms with Crippen molar-refractivity contribution < 1.29 is 4.74 Å². The third-order valence-corrected chi connectivity index (χ3v) is 3.01. The first-order chi connectivity index (χ1) is 8.76. The molecule has 2 unspecified atom stereocenters. The Morgan fingerprint density at radius 1 is 1.44 bits per heavy atom. The van der Waals surface area contributed by atoms with Crippen LogP contribution in [0.2, 0.25) is 0 Å². The van der Waals surface area contributed by atoms with Crippen molar-refractivity contribution in [3.8, 4) is 0 Å². The van der Waals surface area contributed by atoms with Crippen LogP contribution >= 0.6 is 0 Å². The molecule has 0 aromatic carbocycles. The van der Waals surface area contributed by atoms with Gasteiger partial charge in [-0.2, -0.15) is 5.10 Å². The van der Waals surface area contributed by atoms with Crippen molar-refractivity contribution in [1.29, 1.82) is 0 Å². The molecule has 6 heteroatoms. The number of aromatic nitrogens is 3. The highest BCUT2D eigenvalue weighted by atomic mass is 16.5. The summed E-state index contributed by atoms with van der Waals surface area (Å²) in [5.74, 6) is 6.60. The molecule has 1 heterocycles. The van der Waals surface area contributed by atoms with E-state index in [-0.39, 0.29) is 12.1 Å². The molecule has 1 aromatic heterocycles. The van der Waals surface area contributed by atoms with Gasteiger partial charge in [0.15, 0.2) is 0 Å². The summed E-state index contributed by atoms with van der Waals surface area (Å²) in [4.78, 5) is 4.28. The number of ether oxygens (including phenoxy) is 1. The number of aryl methyl sites for hydroxylation is 1. The first-order valence-corrected chi connectivity index (χ1v) is 6.71. The number of nitrogens with two attached hydrogens (primary N) is 1. The Bertz CT molecular complexity index is 322. The summed E-state index contributed by atoms with van der Waals surface area (Å²) in [5.41, 5.74) is 2.86. The number of hydrogen-bond donors (Lipinski definition) is 2. The van der Waals surface area contributed by atoms with Crippen molar-refractivity contribution in [2.45, 2.75) is 58.7 Å². The average Bonchev–Trinajstić information content (AvgIpc) is 2.83. The number of nitrogens with zero attached hydrogens (tertiary/aromatic N) is 3. The lowest BCUT2D eigenvalue weighted by Crippen LogP contribution is -2.47. The van der Waals surface area contributed by atoms with Crippen molar-refractivity contribution in [2.75, 3.05) is 6.61 Å². The molecule has 1 aromatic rings. The maximum Gasteiger partial charge on any atom is 0.138 e. The molecule has 1 rings (SSSR count). The van der Waals surface area contributed by atoms with E-state index in [4.69, 9.17) is 10.6 Å². The minimum Gasteiger partial charge on any atom is -0.377 e. The van der Waals surface area contributed by atoms with Gasteiger partial charge < -0.3 is 4.74 Å². The highest BCUT2D eigenvalue weighted by Gasteiger charge is 2.22. The summed E-state index contributed by atoms with van der Waals surface area (Å²) in [5, 5.41) is 4.17. The Kier molecular flexibility index (Phi) is 6.85. The molecule has 0 aliphatic heterocycles. The summed E-state index contributed by atoms with van der Waals surface area (Å²) in [6.07, 6.45) is 4.50. The molecule has 0 saturated carbocycles. The third kappa shape index (κ3) is 4.04. The van der Waals surface area contributed by atoms with E-state index in [1.165, 1.54) is 0 Å². The number of hydrogen-bond acceptors (Lipinski definition) is 5. The molecule has 0 aliphatic rings. The van der Waals surface area contributed by atoms with Crippen molar-refractivity contribution in [3.63, 3.8) is 0 Å². The molecule has 18 heavy (non-hydrogen) atoms. The highest BCUT2D eigenvalue weighted by molar-refractivity contribution is 4.92. The van der Waals surface area contributed by atoms with Crippen LogP contribution in [0.15, 0.2) is 6.33 Å². The number of hydrazine groups is 1. The van der Waals surface area contributed by atoms with Crippen molar-refractivity contribution >= 4 is 0 Å². The maximum absolute atomic E-state index is 5.76. The van der Waals surface area contributed by atoms with Gasteiger partial charge in [0, 0.05) is 19.6 Å². The molecular weight excluding hydrogens is 230 g/mol. The van der Waals surface area contributed by atoms with E-state index < -0.39 is 0 Å². The summed E-state index contributed by atoms with van der Waals surface area (Å²) in [6, 6.07) is 0.0689. The SMILES string of the molecule is CCCC(OCC)C(Cc1ncnn1CC)NN. The van der Waals surface area contributed by atoms with Crippen LogP contribution in [0.5, 0.6) is 0 Å². The lowest BCUT2D eigenvalue weighted by Gasteiger charge is -2.26. The van der Waals surface area contributed by atoms with Gasteiger partial charge in [-0.3, -0.25) is 16.0 Å². The molecule has 0 bridgehead atoms. The van der Waals surface area contributed by atoms with Gasteiger partial charge in [-0.05, 0) is 20.3 Å². The highest BCUT2D eigenvalue weighted by Crippen LogP contribution is 2.11. The smallest absolute Gasteiger partial charge is 0.138 e. The van der Waals surface area contributed by atoms with Crippen LogP contribution in [0, 0.1) is 0 Å². The first-order valence-electron chi connectivity index (χ1n) is 6.71. The van der Waals surface area contributed by atoms with E-state index in [1.54, 1.807) is 6.33 Å². The minimum atomic E-state index is 0.0689. The fourth-order valence-corrected chi connectivity index (χ4v) is 2.10. The molecule has 0 fully saturated rings. The molecular formula is C12H25N5O. The molecule has 6 nitrogen and oxygen atoms in total. The molecule has 0 radical (unpaired) electrons. The Morgan fingerprint density at radius 3 is 2.78 bits per heavy atom. The fraction of sp³-hybridized carbons (Fsp3) is 0.833. The molecule has 0 amide bonds. The molecule has 0 spiro atoms. The van der Waals surface area contributed by atoms with E-state index >= 15 is 0 Å². The quantitative estimate of drug-likeness (QED) is 0.506. The van der Waals surface area contributed by atoms with Crippen molar-refractivity contribution in [2.24, 2.45) is 5.84 Å². The standard InChI is InChI=1S/C12H25N5O/c1-4-7-11(18-6-3)10(16-13)8-12-14-9-15-17(12)5-2/h9-11,16H,4-8,13H2,1-3H3. The fourth-order valence-electron chi connectivity index (χ4n) is 2.10. The summed E-state index contributed by atoms with van der Waals surface area (Å²) >= 11 is 0. The van der Waals surface area contributed by atoms with E-state index in [1.807, 2.05) is 11.6 Å². The van der Waals surface area contributed by atoms with Crippen LogP contribution in [0.4, 0.5) is 0 Å². The van der Waals surface area contributed by atoms with E-state index in [0.29, 0.717) is 6.61 Å². The van der Waals surface area contributed by atoms with E-state index in [2.05, 4.69) is 29.4 Å². The third-order valence-electron chi connectivity index (χ3n) is 3.01. The van der Waals surface area contributed by atoms with Crippen LogP contribution in [0.3, 0.4) is 0 Å². The number of nitrogens with one attached hydrogen (secondary N) is 1. The summed E-state index contributed by atoms with van der Waals surface area (Å²) in [7, 11) is 0. The van der Waals surface area contributed by atoms with E-state index in [0.717, 1.165) is 31.6 Å². The molecule has 0 aliphatic carbocycles. The Morgan fingerprint density at radius 2 is 2.22 bits per heavy atom. The molecule has 2 atom stereocenters. The monoisotopic (exact) mass is 255 g/mol. The van der Waals surface area contributed by atoms with Crippen molar-refractivity contribution in [1.82, 2.24) is 20.2 Å². The van der Waals surface area contributed by atoms with Crippen LogP contribution in [0.25, 0.3) is 0 Å². The van der Waals surface area contributed by atoms with Gasteiger partial charge >= 0.3 is 0 Å². The molecule has 0 saturated heterocycles. The van der Waals surface area contributed by atoms with Gasteiger partial charge in [0.05, 0.1) is 12.1 Å². The summed E-state index contributed by atoms with van der Waals surface area (Å²) in [6.45, 7) is 7.72. The largest absolute Gasteiger partial charge is 0.377 e. The Hall–Kier alpha value is -0.980. The maximum atomic E-state index is 5.76. The van der Waals surface area contributed by atoms with Gasteiger partial charge in [0.25, 0.3) is 0 Å². The Labute approximate surface area is 109 Å². The lowest BCUT2D eigenvalue weighted by molar-refractivity contribution is 0.0274. The predicted octanol–water partition coefficient (Wildman–Crippen LogP) is 0.878. The second kappa shape index (κ2) is 8.18. The van der Waals surface area contributed by atoms with E-state index in [9.17, 15) is 0 Å². The van der Waals surface area contributed by atoms with Crippen molar-refractivity contribution in [3.05, 3.63) is 12.2 Å². The van der Waals surface area contributed by atoms with Crippen LogP contribution in [-0.2, 0) is 17.7 Å². The second-order valence-corrected chi connectivity index (χ2v) is 4.25. The zero-order valence-corrected chi connectivity index (χ0v) is 11.6. The minimum absolute atomic E-state index is 0.0689. The topological polar surface area (TPSA) is 78.0 Å². The average molecular weight is 255 g/mol. The first kappa shape index (κ1) is 15.1. The van der Waals surface area contributed by atoms with Crippen LogP contribution < -0.4 is 11.3 Å². The van der Waals surface area contributed by atoms with Gasteiger partial charge in [0.2, 0.25) is 0 Å². The van der Waals surface area contributed by atoms with Gasteiger partial charge in [-0.15, -0.1) is 0 Å². The van der Waals surface area contributed by atoms with Gasteiger partial charge in [-0.25, -0.2) is 4.98 Å². The second-order valence-electron chi connectivity index (χ2n) is 4.25. The lowest BCUT2D eigenvalue weighted by atomic mass is 10.0. The molecule has 104 valence electrons. The zero-order valence-electron chi connectivity index (χ0n) is 11.6.